The summed E-state index contributed by atoms with van der Waals surface area (Å²) in [7, 11) is 0. The molecular weight excluding hydrogens is 234 g/mol. The zero-order valence-electron chi connectivity index (χ0n) is 9.89. The van der Waals surface area contributed by atoms with E-state index < -0.39 is 5.60 Å². The molecule has 17 heavy (non-hydrogen) atoms. The van der Waals surface area contributed by atoms with Gasteiger partial charge >= 0.3 is 0 Å². The lowest BCUT2D eigenvalue weighted by Gasteiger charge is -2.35. The fraction of sp³-hybridized carbons (Fsp3) is 0.462. The average Bonchev–Trinajstić information content (AvgIpc) is 2.28. The first-order valence-electron chi connectivity index (χ1n) is 5.79. The second-order valence-corrected chi connectivity index (χ2v) is 5.36. The monoisotopic (exact) mass is 251 g/mol. The molecule has 0 aromatic heterocycles. The van der Waals surface area contributed by atoms with Gasteiger partial charge in [0.2, 0.25) is 0 Å². The van der Waals surface area contributed by atoms with Crippen LogP contribution in [0.3, 0.4) is 0 Å². The van der Waals surface area contributed by atoms with E-state index in [1.807, 2.05) is 19.1 Å². The summed E-state index contributed by atoms with van der Waals surface area (Å²) in [6, 6.07) is 7.25. The van der Waals surface area contributed by atoms with E-state index in [1.54, 1.807) is 17.0 Å². The summed E-state index contributed by atoms with van der Waals surface area (Å²) >= 11 is 4.23. The van der Waals surface area contributed by atoms with Crippen LogP contribution in [0, 0.1) is 0 Å². The topological polar surface area (TPSA) is 40.5 Å². The number of aliphatic hydroxyl groups is 1. The minimum absolute atomic E-state index is 0.0244. The molecule has 1 aliphatic heterocycles. The molecule has 1 heterocycles. The summed E-state index contributed by atoms with van der Waals surface area (Å²) < 4.78 is 0. The molecule has 3 nitrogen and oxygen atoms in total. The van der Waals surface area contributed by atoms with Crippen molar-refractivity contribution >= 4 is 18.5 Å². The lowest BCUT2D eigenvalue weighted by atomic mass is 9.93. The normalized spacial score (nSPS) is 19.1. The Kier molecular flexibility index (Phi) is 3.45. The number of benzene rings is 1. The molecule has 1 aromatic carbocycles. The Hall–Kier alpha value is -1.00. The average molecular weight is 251 g/mol. The standard InChI is InChI=1S/C13H17NO2S/c1-13(16)5-7-14(8-6-13)12(15)10-3-2-4-11(17)9-10/h2-4,9,16-17H,5-8H2,1H3. The maximum atomic E-state index is 12.2. The molecule has 1 aliphatic rings. The van der Waals surface area contributed by atoms with Gasteiger partial charge in [0.15, 0.2) is 0 Å². The van der Waals surface area contributed by atoms with Crippen LogP contribution in [0.5, 0.6) is 0 Å². The highest BCUT2D eigenvalue weighted by molar-refractivity contribution is 7.80. The molecule has 2 rings (SSSR count). The third kappa shape index (κ3) is 3.01. The maximum absolute atomic E-state index is 12.2. The van der Waals surface area contributed by atoms with Gasteiger partial charge in [0, 0.05) is 23.5 Å². The van der Waals surface area contributed by atoms with Crippen LogP contribution in [0.2, 0.25) is 0 Å². The number of carbonyl (C=O) groups is 1. The Morgan fingerprint density at radius 2 is 2.06 bits per heavy atom. The van der Waals surface area contributed by atoms with Crippen molar-refractivity contribution < 1.29 is 9.90 Å². The summed E-state index contributed by atoms with van der Waals surface area (Å²) in [6.07, 6.45) is 1.28. The first kappa shape index (κ1) is 12.5. The number of nitrogens with zero attached hydrogens (tertiary/aromatic N) is 1. The van der Waals surface area contributed by atoms with Crippen molar-refractivity contribution in [1.29, 1.82) is 0 Å². The van der Waals surface area contributed by atoms with E-state index in [1.165, 1.54) is 0 Å². The third-order valence-electron chi connectivity index (χ3n) is 3.22. The van der Waals surface area contributed by atoms with Crippen molar-refractivity contribution in [3.8, 4) is 0 Å². The van der Waals surface area contributed by atoms with Crippen LogP contribution in [0.1, 0.15) is 30.1 Å². The van der Waals surface area contributed by atoms with Gasteiger partial charge in [-0.3, -0.25) is 4.79 Å². The van der Waals surface area contributed by atoms with Gasteiger partial charge in [-0.25, -0.2) is 0 Å². The lowest BCUT2D eigenvalue weighted by molar-refractivity contribution is -0.00203. The molecule has 1 fully saturated rings. The van der Waals surface area contributed by atoms with Crippen LogP contribution in [-0.4, -0.2) is 34.6 Å². The van der Waals surface area contributed by atoms with Crippen LogP contribution in [0.4, 0.5) is 0 Å². The summed E-state index contributed by atoms with van der Waals surface area (Å²) in [4.78, 5) is 14.8. The van der Waals surface area contributed by atoms with Gasteiger partial charge in [-0.2, -0.15) is 0 Å². The molecule has 1 saturated heterocycles. The molecule has 1 aromatic rings. The number of rotatable bonds is 1. The molecule has 0 saturated carbocycles. The number of carbonyl (C=O) groups excluding carboxylic acids is 1. The molecule has 0 unspecified atom stereocenters. The second-order valence-electron chi connectivity index (χ2n) is 4.84. The molecule has 4 heteroatoms. The highest BCUT2D eigenvalue weighted by atomic mass is 32.1. The van der Waals surface area contributed by atoms with E-state index >= 15 is 0 Å². The number of hydrogen-bond donors (Lipinski definition) is 2. The van der Waals surface area contributed by atoms with E-state index in [0.29, 0.717) is 31.5 Å². The minimum atomic E-state index is -0.623. The second kappa shape index (κ2) is 4.70. The molecule has 0 radical (unpaired) electrons. The van der Waals surface area contributed by atoms with Crippen molar-refractivity contribution in [1.82, 2.24) is 4.90 Å². The summed E-state index contributed by atoms with van der Waals surface area (Å²) in [5, 5.41) is 9.84. The smallest absolute Gasteiger partial charge is 0.253 e. The Labute approximate surface area is 107 Å². The van der Waals surface area contributed by atoms with Crippen LogP contribution in [0.15, 0.2) is 29.2 Å². The van der Waals surface area contributed by atoms with Crippen molar-refractivity contribution in [2.45, 2.75) is 30.3 Å². The van der Waals surface area contributed by atoms with E-state index in [9.17, 15) is 9.90 Å². The molecule has 92 valence electrons. The third-order valence-corrected chi connectivity index (χ3v) is 3.50. The summed E-state index contributed by atoms with van der Waals surface area (Å²) in [6.45, 7) is 3.05. The van der Waals surface area contributed by atoms with Crippen molar-refractivity contribution in [3.05, 3.63) is 29.8 Å². The zero-order chi connectivity index (χ0) is 12.5. The summed E-state index contributed by atoms with van der Waals surface area (Å²) in [5.41, 5.74) is 0.0429. The molecule has 1 amide bonds. The highest BCUT2D eigenvalue weighted by Crippen LogP contribution is 2.22. The number of likely N-dealkylation sites (tertiary alicyclic amines) is 1. The highest BCUT2D eigenvalue weighted by Gasteiger charge is 2.29. The number of thiol groups is 1. The van der Waals surface area contributed by atoms with Gasteiger partial charge in [0.05, 0.1) is 5.60 Å². The fourth-order valence-corrected chi connectivity index (χ4v) is 2.24. The van der Waals surface area contributed by atoms with Gasteiger partial charge < -0.3 is 10.0 Å². The van der Waals surface area contributed by atoms with E-state index in [-0.39, 0.29) is 5.91 Å². The molecule has 0 bridgehead atoms. The minimum Gasteiger partial charge on any atom is -0.390 e. The SMILES string of the molecule is CC1(O)CCN(C(=O)c2cccc(S)c2)CC1. The van der Waals surface area contributed by atoms with Crippen LogP contribution in [0.25, 0.3) is 0 Å². The lowest BCUT2D eigenvalue weighted by Crippen LogP contribution is -2.45. The molecule has 0 atom stereocenters. The Morgan fingerprint density at radius 3 is 2.65 bits per heavy atom. The van der Waals surface area contributed by atoms with Crippen molar-refractivity contribution in [2.24, 2.45) is 0 Å². The van der Waals surface area contributed by atoms with Crippen LogP contribution >= 0.6 is 12.6 Å². The Bertz CT molecular complexity index is 421. The van der Waals surface area contributed by atoms with Gasteiger partial charge in [-0.15, -0.1) is 12.6 Å². The van der Waals surface area contributed by atoms with Crippen molar-refractivity contribution in [3.63, 3.8) is 0 Å². The van der Waals surface area contributed by atoms with Crippen LogP contribution in [-0.2, 0) is 0 Å². The van der Waals surface area contributed by atoms with E-state index in [2.05, 4.69) is 12.6 Å². The first-order valence-corrected chi connectivity index (χ1v) is 6.23. The molecule has 1 N–H and O–H groups in total. The van der Waals surface area contributed by atoms with E-state index in [4.69, 9.17) is 0 Å². The quantitative estimate of drug-likeness (QED) is 0.749. The van der Waals surface area contributed by atoms with Gasteiger partial charge in [-0.05, 0) is 38.0 Å². The van der Waals surface area contributed by atoms with Gasteiger partial charge in [-0.1, -0.05) is 6.07 Å². The molecule has 0 spiro atoms. The largest absolute Gasteiger partial charge is 0.390 e. The van der Waals surface area contributed by atoms with E-state index in [0.717, 1.165) is 4.90 Å². The van der Waals surface area contributed by atoms with Gasteiger partial charge in [0.1, 0.15) is 0 Å². The molecular formula is C13H17NO2S. The fourth-order valence-electron chi connectivity index (χ4n) is 2.01. The number of amides is 1. The predicted octanol–water partition coefficient (Wildman–Crippen LogP) is 1.96. The Morgan fingerprint density at radius 1 is 1.41 bits per heavy atom. The molecule has 0 aliphatic carbocycles. The maximum Gasteiger partial charge on any atom is 0.253 e. The number of hydrogen-bond acceptors (Lipinski definition) is 3. The van der Waals surface area contributed by atoms with Crippen LogP contribution < -0.4 is 0 Å². The zero-order valence-corrected chi connectivity index (χ0v) is 10.8. The van der Waals surface area contributed by atoms with Crippen molar-refractivity contribution in [2.75, 3.05) is 13.1 Å². The van der Waals surface area contributed by atoms with Gasteiger partial charge in [0.25, 0.3) is 5.91 Å². The predicted molar refractivity (Wildman–Crippen MR) is 69.5 cm³/mol. The Balaban J connectivity index is 2.07. The summed E-state index contributed by atoms with van der Waals surface area (Å²) in [5.74, 6) is 0.0244. The first-order chi connectivity index (χ1) is 7.98. The number of piperidine rings is 1.